The number of ether oxygens (including phenoxy) is 2. The molecule has 2 aromatic carbocycles. The van der Waals surface area contributed by atoms with E-state index < -0.39 is 24.0 Å². The fourth-order valence-corrected chi connectivity index (χ4v) is 3.65. The predicted molar refractivity (Wildman–Crippen MR) is 110 cm³/mol. The Bertz CT molecular complexity index is 932. The van der Waals surface area contributed by atoms with Crippen LogP contribution in [0.15, 0.2) is 60.1 Å². The second-order valence-electron chi connectivity index (χ2n) is 7.48. The van der Waals surface area contributed by atoms with Crippen LogP contribution < -0.4 is 4.74 Å². The van der Waals surface area contributed by atoms with E-state index in [1.54, 1.807) is 24.3 Å². The minimum Gasteiger partial charge on any atom is -0.459 e. The van der Waals surface area contributed by atoms with Crippen molar-refractivity contribution in [3.63, 3.8) is 0 Å². The lowest BCUT2D eigenvalue weighted by atomic mass is 9.87. The zero-order valence-corrected chi connectivity index (χ0v) is 17.5. The summed E-state index contributed by atoms with van der Waals surface area (Å²) >= 11 is 5.60. The third-order valence-corrected chi connectivity index (χ3v) is 5.37. The monoisotopic (exact) mass is 474 g/mol. The van der Waals surface area contributed by atoms with Crippen LogP contribution in [0.2, 0.25) is 0 Å². The molecule has 9 heteroatoms. The first-order valence-electron chi connectivity index (χ1n) is 9.91. The molecule has 0 bridgehead atoms. The molecule has 3 rings (SSSR count). The molecule has 0 N–H and O–H groups in total. The average Bonchev–Trinajstić information content (AvgIpc) is 2.75. The van der Waals surface area contributed by atoms with E-state index in [1.807, 2.05) is 6.08 Å². The van der Waals surface area contributed by atoms with Gasteiger partial charge in [-0.1, -0.05) is 41.9 Å². The van der Waals surface area contributed by atoms with Gasteiger partial charge in [0.25, 0.3) is 0 Å². The highest BCUT2D eigenvalue weighted by atomic mass is 35.5. The number of halogens is 6. The average molecular weight is 475 g/mol. The number of alkyl halides is 5. The summed E-state index contributed by atoms with van der Waals surface area (Å²) in [6.45, 7) is 0. The van der Waals surface area contributed by atoms with Crippen molar-refractivity contribution in [2.75, 3.05) is 0 Å². The second kappa shape index (κ2) is 9.90. The number of carbonyl (C=O) groups is 1. The third kappa shape index (κ3) is 6.00. The van der Waals surface area contributed by atoms with E-state index in [9.17, 15) is 26.7 Å². The van der Waals surface area contributed by atoms with Crippen LogP contribution in [0, 0.1) is 5.92 Å². The molecule has 3 nitrogen and oxygen atoms in total. The van der Waals surface area contributed by atoms with Gasteiger partial charge in [-0.2, -0.15) is 22.0 Å². The van der Waals surface area contributed by atoms with E-state index in [4.69, 9.17) is 16.3 Å². The third-order valence-electron chi connectivity index (χ3n) is 5.22. The van der Waals surface area contributed by atoms with Gasteiger partial charge in [-0.15, -0.1) is 0 Å². The van der Waals surface area contributed by atoms with Gasteiger partial charge in [-0.05, 0) is 67.0 Å². The first-order chi connectivity index (χ1) is 15.1. The largest absolute Gasteiger partial charge is 0.499 e. The number of rotatable bonds is 6. The Hall–Kier alpha value is -2.61. The number of allylic oxidation sites excluding steroid dienone is 1. The van der Waals surface area contributed by atoms with Crippen LogP contribution in [-0.2, 0) is 4.74 Å². The van der Waals surface area contributed by atoms with E-state index >= 15 is 0 Å². The normalized spacial score (nSPS) is 19.7. The van der Waals surface area contributed by atoms with Gasteiger partial charge in [-0.25, -0.2) is 4.79 Å². The summed E-state index contributed by atoms with van der Waals surface area (Å²) in [4.78, 5) is 12.4. The van der Waals surface area contributed by atoms with Gasteiger partial charge in [0.15, 0.2) is 0 Å². The molecule has 1 aliphatic carbocycles. The molecule has 0 spiro atoms. The fourth-order valence-electron chi connectivity index (χ4n) is 3.44. The predicted octanol–water partition coefficient (Wildman–Crippen LogP) is 7.36. The second-order valence-corrected chi connectivity index (χ2v) is 7.73. The van der Waals surface area contributed by atoms with Crippen molar-refractivity contribution in [3.05, 3.63) is 65.7 Å². The van der Waals surface area contributed by atoms with Gasteiger partial charge in [0.05, 0.1) is 5.56 Å². The minimum atomic E-state index is -5.81. The standard InChI is InChI=1S/C23H20ClF5O3/c24-14-13-15-1-9-19(10-2-15)31-21(30)18-5-3-16(4-6-18)17-7-11-20(12-8-17)32-23(28,29)22(25,26)27/h3-8,11-15,19H,1-2,9-10H2/b14-13+. The van der Waals surface area contributed by atoms with Crippen LogP contribution in [0.25, 0.3) is 11.1 Å². The van der Waals surface area contributed by atoms with Crippen LogP contribution in [0.4, 0.5) is 22.0 Å². The highest BCUT2D eigenvalue weighted by molar-refractivity contribution is 6.25. The number of carbonyl (C=O) groups excluding carboxylic acids is 1. The Morgan fingerprint density at radius 3 is 1.91 bits per heavy atom. The maximum atomic E-state index is 13.0. The summed E-state index contributed by atoms with van der Waals surface area (Å²) in [7, 11) is 0. The molecule has 0 unspecified atom stereocenters. The van der Waals surface area contributed by atoms with E-state index in [0.717, 1.165) is 37.8 Å². The fraction of sp³-hybridized carbons (Fsp3) is 0.348. The maximum Gasteiger partial charge on any atom is 0.499 e. The molecular formula is C23H20ClF5O3. The zero-order valence-electron chi connectivity index (χ0n) is 16.7. The molecule has 0 radical (unpaired) electrons. The Morgan fingerprint density at radius 2 is 1.41 bits per heavy atom. The van der Waals surface area contributed by atoms with Crippen LogP contribution in [0.1, 0.15) is 36.0 Å². The molecule has 1 aliphatic rings. The lowest BCUT2D eigenvalue weighted by Crippen LogP contribution is -2.41. The molecule has 0 saturated heterocycles. The Balaban J connectivity index is 1.59. The number of hydrogen-bond acceptors (Lipinski definition) is 3. The van der Waals surface area contributed by atoms with Crippen molar-refractivity contribution in [1.82, 2.24) is 0 Å². The van der Waals surface area contributed by atoms with Crippen molar-refractivity contribution >= 4 is 17.6 Å². The van der Waals surface area contributed by atoms with E-state index in [0.29, 0.717) is 22.6 Å². The van der Waals surface area contributed by atoms with Crippen LogP contribution >= 0.6 is 11.6 Å². The van der Waals surface area contributed by atoms with E-state index in [2.05, 4.69) is 4.74 Å². The Morgan fingerprint density at radius 1 is 0.875 bits per heavy atom. The molecule has 0 aromatic heterocycles. The smallest absolute Gasteiger partial charge is 0.459 e. The maximum absolute atomic E-state index is 13.0. The first kappa shape index (κ1) is 24.0. The van der Waals surface area contributed by atoms with Gasteiger partial charge in [-0.3, -0.25) is 0 Å². The zero-order chi connectivity index (χ0) is 23.4. The number of hydrogen-bond donors (Lipinski definition) is 0. The molecule has 172 valence electrons. The summed E-state index contributed by atoms with van der Waals surface area (Å²) in [6.07, 6.45) is -5.98. The molecule has 32 heavy (non-hydrogen) atoms. The van der Waals surface area contributed by atoms with Crippen molar-refractivity contribution in [3.8, 4) is 16.9 Å². The first-order valence-corrected chi connectivity index (χ1v) is 10.3. The Kier molecular flexibility index (Phi) is 7.44. The van der Waals surface area contributed by atoms with Crippen molar-refractivity contribution in [1.29, 1.82) is 0 Å². The lowest BCUT2D eigenvalue weighted by Gasteiger charge is -2.26. The highest BCUT2D eigenvalue weighted by Gasteiger charge is 2.61. The number of benzene rings is 2. The molecule has 0 aliphatic heterocycles. The lowest BCUT2D eigenvalue weighted by molar-refractivity contribution is -0.360. The molecule has 0 heterocycles. The van der Waals surface area contributed by atoms with Gasteiger partial charge in [0.2, 0.25) is 0 Å². The van der Waals surface area contributed by atoms with Crippen LogP contribution in [0.3, 0.4) is 0 Å². The van der Waals surface area contributed by atoms with Gasteiger partial charge >= 0.3 is 18.3 Å². The summed E-state index contributed by atoms with van der Waals surface area (Å²) < 4.78 is 72.0. The molecule has 2 aromatic rings. The SMILES string of the molecule is O=C(OC1CCC(/C=C/Cl)CC1)c1ccc(-c2ccc(OC(F)(F)C(F)(F)F)cc2)cc1. The summed E-state index contributed by atoms with van der Waals surface area (Å²) in [5.41, 5.74) is 3.07. The quantitative estimate of drug-likeness (QED) is 0.324. The molecule has 0 amide bonds. The molecule has 1 saturated carbocycles. The Labute approximate surface area is 186 Å². The van der Waals surface area contributed by atoms with Crippen LogP contribution in [-0.4, -0.2) is 24.4 Å². The van der Waals surface area contributed by atoms with Gasteiger partial charge < -0.3 is 9.47 Å². The van der Waals surface area contributed by atoms with Gasteiger partial charge in [0.1, 0.15) is 11.9 Å². The van der Waals surface area contributed by atoms with Crippen molar-refractivity contribution in [2.45, 2.75) is 44.1 Å². The summed E-state index contributed by atoms with van der Waals surface area (Å²) in [5.74, 6) is -0.656. The van der Waals surface area contributed by atoms with E-state index in [1.165, 1.54) is 17.7 Å². The minimum absolute atomic E-state index is 0.149. The van der Waals surface area contributed by atoms with Gasteiger partial charge in [0, 0.05) is 5.54 Å². The van der Waals surface area contributed by atoms with E-state index in [-0.39, 0.29) is 6.10 Å². The van der Waals surface area contributed by atoms with Crippen molar-refractivity contribution in [2.24, 2.45) is 5.92 Å². The topological polar surface area (TPSA) is 35.5 Å². The van der Waals surface area contributed by atoms with Crippen molar-refractivity contribution < 1.29 is 36.2 Å². The molecule has 1 fully saturated rings. The van der Waals surface area contributed by atoms with Crippen LogP contribution in [0.5, 0.6) is 5.75 Å². The highest BCUT2D eigenvalue weighted by Crippen LogP contribution is 2.37. The summed E-state index contributed by atoms with van der Waals surface area (Å²) in [6, 6.07) is 11.2. The summed E-state index contributed by atoms with van der Waals surface area (Å²) in [5, 5.41) is 0. The molecule has 0 atom stereocenters. The molecular weight excluding hydrogens is 455 g/mol. The number of esters is 1.